The van der Waals surface area contributed by atoms with Crippen molar-refractivity contribution in [3.8, 4) is 0 Å². The maximum atomic E-state index is 11.9. The van der Waals surface area contributed by atoms with E-state index in [1.165, 1.54) is 49.9 Å². The van der Waals surface area contributed by atoms with Gasteiger partial charge in [-0.15, -0.1) is 11.3 Å². The van der Waals surface area contributed by atoms with Crippen LogP contribution < -0.4 is 0 Å². The first-order chi connectivity index (χ1) is 8.67. The fourth-order valence-corrected chi connectivity index (χ4v) is 4.49. The Balaban J connectivity index is 2.08. The predicted octanol–water partition coefficient (Wildman–Crippen LogP) is 4.66. The van der Waals surface area contributed by atoms with E-state index in [1.54, 1.807) is 12.1 Å². The van der Waals surface area contributed by atoms with Crippen LogP contribution in [-0.2, 0) is 9.84 Å². The van der Waals surface area contributed by atoms with Crippen LogP contribution in [0.3, 0.4) is 0 Å². The van der Waals surface area contributed by atoms with Crippen LogP contribution in [0.1, 0.15) is 58.3 Å². The quantitative estimate of drug-likeness (QED) is 0.587. The van der Waals surface area contributed by atoms with Gasteiger partial charge < -0.3 is 0 Å². The number of unbranched alkanes of at least 4 members (excludes halogenated alkanes) is 7. The van der Waals surface area contributed by atoms with Crippen molar-refractivity contribution >= 4 is 21.2 Å². The molecule has 0 aliphatic rings. The summed E-state index contributed by atoms with van der Waals surface area (Å²) in [7, 11) is -3.00. The monoisotopic (exact) mass is 288 g/mol. The Morgan fingerprint density at radius 3 is 2.17 bits per heavy atom. The molecule has 0 aliphatic heterocycles. The highest BCUT2D eigenvalue weighted by Crippen LogP contribution is 2.19. The zero-order chi connectivity index (χ0) is 13.3. The molecule has 0 atom stereocenters. The Hall–Kier alpha value is -0.350. The number of hydrogen-bond acceptors (Lipinski definition) is 3. The molecule has 0 spiro atoms. The molecule has 0 saturated carbocycles. The van der Waals surface area contributed by atoms with E-state index in [-0.39, 0.29) is 0 Å². The smallest absolute Gasteiger partial charge is 0.187 e. The molecular weight excluding hydrogens is 264 g/mol. The molecule has 1 heterocycles. The van der Waals surface area contributed by atoms with E-state index in [4.69, 9.17) is 0 Å². The Morgan fingerprint density at radius 1 is 1.00 bits per heavy atom. The molecule has 0 amide bonds. The van der Waals surface area contributed by atoms with Crippen molar-refractivity contribution in [2.24, 2.45) is 0 Å². The minimum atomic E-state index is -3.00. The van der Waals surface area contributed by atoms with Gasteiger partial charge in [-0.2, -0.15) is 0 Å². The maximum absolute atomic E-state index is 11.9. The first kappa shape index (κ1) is 15.7. The standard InChI is InChI=1S/C14H24O2S2/c1-2-3-4-5-6-7-8-9-13-18(15,16)14-11-10-12-17-14/h10-12H,2-9,13H2,1H3. The van der Waals surface area contributed by atoms with Gasteiger partial charge in [0, 0.05) is 0 Å². The summed E-state index contributed by atoms with van der Waals surface area (Å²) in [5, 5.41) is 1.82. The van der Waals surface area contributed by atoms with Crippen LogP contribution >= 0.6 is 11.3 Å². The number of rotatable bonds is 10. The van der Waals surface area contributed by atoms with Gasteiger partial charge in [0.1, 0.15) is 4.21 Å². The van der Waals surface area contributed by atoms with Crippen LogP contribution in [0.4, 0.5) is 0 Å². The second-order valence-corrected chi connectivity index (χ2v) is 8.01. The fourth-order valence-electron chi connectivity index (χ4n) is 1.97. The topological polar surface area (TPSA) is 34.1 Å². The molecule has 104 valence electrons. The first-order valence-electron chi connectivity index (χ1n) is 6.93. The molecule has 0 aliphatic carbocycles. The summed E-state index contributed by atoms with van der Waals surface area (Å²) in [5.74, 6) is 0.308. The third kappa shape index (κ3) is 6.01. The minimum absolute atomic E-state index is 0.308. The normalized spacial score (nSPS) is 11.8. The zero-order valence-electron chi connectivity index (χ0n) is 11.2. The second kappa shape index (κ2) is 8.70. The largest absolute Gasteiger partial charge is 0.223 e. The van der Waals surface area contributed by atoms with E-state index in [0.717, 1.165) is 12.8 Å². The van der Waals surface area contributed by atoms with Crippen LogP contribution in [0.15, 0.2) is 21.7 Å². The molecule has 4 heteroatoms. The highest BCUT2D eigenvalue weighted by atomic mass is 32.2. The summed E-state index contributed by atoms with van der Waals surface area (Å²) < 4.78 is 24.3. The summed E-state index contributed by atoms with van der Waals surface area (Å²) in [4.78, 5) is 0. The third-order valence-corrected chi connectivity index (χ3v) is 6.36. The van der Waals surface area contributed by atoms with Gasteiger partial charge in [-0.1, -0.05) is 57.9 Å². The lowest BCUT2D eigenvalue weighted by Crippen LogP contribution is -2.04. The maximum Gasteiger partial charge on any atom is 0.187 e. The lowest BCUT2D eigenvalue weighted by atomic mass is 10.1. The van der Waals surface area contributed by atoms with Crippen LogP contribution in [0.5, 0.6) is 0 Å². The Morgan fingerprint density at radius 2 is 1.61 bits per heavy atom. The van der Waals surface area contributed by atoms with Crippen molar-refractivity contribution in [1.82, 2.24) is 0 Å². The SMILES string of the molecule is CCCCCCCCCCS(=O)(=O)c1cccs1. The molecule has 18 heavy (non-hydrogen) atoms. The molecule has 0 aromatic carbocycles. The Kier molecular flexibility index (Phi) is 7.59. The predicted molar refractivity (Wildman–Crippen MR) is 79.0 cm³/mol. The first-order valence-corrected chi connectivity index (χ1v) is 9.46. The molecule has 2 nitrogen and oxygen atoms in total. The van der Waals surface area contributed by atoms with Gasteiger partial charge in [0.25, 0.3) is 0 Å². The molecule has 1 aromatic rings. The molecule has 1 rings (SSSR count). The Bertz CT molecular complexity index is 393. The molecule has 0 radical (unpaired) electrons. The lowest BCUT2D eigenvalue weighted by Gasteiger charge is -2.02. The average Bonchev–Trinajstić information content (AvgIpc) is 2.87. The van der Waals surface area contributed by atoms with Crippen molar-refractivity contribution in [3.05, 3.63) is 17.5 Å². The number of hydrogen-bond donors (Lipinski definition) is 0. The van der Waals surface area contributed by atoms with E-state index in [2.05, 4.69) is 6.92 Å². The van der Waals surface area contributed by atoms with Gasteiger partial charge in [-0.25, -0.2) is 8.42 Å². The van der Waals surface area contributed by atoms with Crippen LogP contribution in [0, 0.1) is 0 Å². The highest BCUT2D eigenvalue weighted by molar-refractivity contribution is 7.93. The van der Waals surface area contributed by atoms with E-state index in [1.807, 2.05) is 5.38 Å². The Labute approximate surface area is 115 Å². The second-order valence-electron chi connectivity index (χ2n) is 4.73. The van der Waals surface area contributed by atoms with Gasteiger partial charge in [-0.3, -0.25) is 0 Å². The van der Waals surface area contributed by atoms with Crippen molar-refractivity contribution < 1.29 is 8.42 Å². The van der Waals surface area contributed by atoms with Crippen LogP contribution in [0.25, 0.3) is 0 Å². The molecule has 0 saturated heterocycles. The molecular formula is C14H24O2S2. The summed E-state index contributed by atoms with van der Waals surface area (Å²) >= 11 is 1.32. The summed E-state index contributed by atoms with van der Waals surface area (Å²) in [6.07, 6.45) is 9.48. The lowest BCUT2D eigenvalue weighted by molar-refractivity contribution is 0.573. The van der Waals surface area contributed by atoms with Gasteiger partial charge in [0.15, 0.2) is 9.84 Å². The number of thiophene rings is 1. The highest BCUT2D eigenvalue weighted by Gasteiger charge is 2.14. The van der Waals surface area contributed by atoms with Gasteiger partial charge in [-0.05, 0) is 17.9 Å². The van der Waals surface area contributed by atoms with Crippen molar-refractivity contribution in [2.75, 3.05) is 5.75 Å². The van der Waals surface area contributed by atoms with Crippen molar-refractivity contribution in [1.29, 1.82) is 0 Å². The van der Waals surface area contributed by atoms with Gasteiger partial charge >= 0.3 is 0 Å². The molecule has 0 unspecified atom stereocenters. The summed E-state index contributed by atoms with van der Waals surface area (Å²) in [5.41, 5.74) is 0. The van der Waals surface area contributed by atoms with Crippen LogP contribution in [0.2, 0.25) is 0 Å². The third-order valence-electron chi connectivity index (χ3n) is 3.07. The fraction of sp³-hybridized carbons (Fsp3) is 0.714. The molecule has 0 fully saturated rings. The van der Waals surface area contributed by atoms with Crippen molar-refractivity contribution in [3.63, 3.8) is 0 Å². The summed E-state index contributed by atoms with van der Waals surface area (Å²) in [6.45, 7) is 2.22. The zero-order valence-corrected chi connectivity index (χ0v) is 12.9. The minimum Gasteiger partial charge on any atom is -0.223 e. The van der Waals surface area contributed by atoms with E-state index in [9.17, 15) is 8.42 Å². The summed E-state index contributed by atoms with van der Waals surface area (Å²) in [6, 6.07) is 3.50. The van der Waals surface area contributed by atoms with E-state index < -0.39 is 9.84 Å². The number of sulfone groups is 1. The molecule has 1 aromatic heterocycles. The average molecular weight is 288 g/mol. The molecule has 0 bridgehead atoms. The molecule has 0 N–H and O–H groups in total. The van der Waals surface area contributed by atoms with Gasteiger partial charge in [0.2, 0.25) is 0 Å². The van der Waals surface area contributed by atoms with Crippen LogP contribution in [-0.4, -0.2) is 14.2 Å². The van der Waals surface area contributed by atoms with Gasteiger partial charge in [0.05, 0.1) is 5.75 Å². The van der Waals surface area contributed by atoms with E-state index in [0.29, 0.717) is 9.96 Å². The van der Waals surface area contributed by atoms with Crippen molar-refractivity contribution in [2.45, 2.75) is 62.5 Å². The van der Waals surface area contributed by atoms with E-state index >= 15 is 0 Å².